The molecule has 26 valence electrons. The Bertz CT molecular complexity index is 11.6. The summed E-state index contributed by atoms with van der Waals surface area (Å²) in [4.78, 5) is 0. The van der Waals surface area contributed by atoms with E-state index in [0.717, 1.165) is 0 Å². The summed E-state index contributed by atoms with van der Waals surface area (Å²) in [5.41, 5.74) is 0. The Morgan fingerprint density at radius 3 is 1.00 bits per heavy atom. The van der Waals surface area contributed by atoms with Gasteiger partial charge < -0.3 is 0 Å². The van der Waals surface area contributed by atoms with Gasteiger partial charge in [-0.1, -0.05) is 0 Å². The maximum Gasteiger partial charge on any atom is 0.316 e. The molecule has 0 unspecified atom stereocenters. The van der Waals surface area contributed by atoms with Crippen molar-refractivity contribution in [3.8, 4) is 0 Å². The molecule has 0 aromatic carbocycles. The van der Waals surface area contributed by atoms with E-state index in [0.29, 0.717) is 0 Å². The Balaban J connectivity index is 0. The molecular weight excluding hydrogens is 197 g/mol. The first-order valence-corrected chi connectivity index (χ1v) is 0. The van der Waals surface area contributed by atoms with Gasteiger partial charge in [0, 0.05) is 36.8 Å². The molecule has 0 nitrogen and oxygen atoms in total. The van der Waals surface area contributed by atoms with Gasteiger partial charge in [0.05, 0.1) is 0 Å². The SMILES string of the molecule is [AlH3].[Cr].[MgH2].[SiH4].[Zn]. The van der Waals surface area contributed by atoms with Gasteiger partial charge in [-0.25, -0.2) is 0 Å². The molecule has 0 aliphatic carbocycles. The van der Waals surface area contributed by atoms with E-state index in [9.17, 15) is 0 Å². The summed E-state index contributed by atoms with van der Waals surface area (Å²) in [6.45, 7) is 0. The quantitative estimate of drug-likeness (QED) is 0.360. The zero-order valence-corrected chi connectivity index (χ0v) is 5.36. The second-order valence-corrected chi connectivity index (χ2v) is 0. The van der Waals surface area contributed by atoms with Crippen LogP contribution in [0, 0.1) is 0 Å². The van der Waals surface area contributed by atoms with E-state index in [1.54, 1.807) is 0 Å². The van der Waals surface area contributed by atoms with Crippen molar-refractivity contribution in [3.63, 3.8) is 0 Å². The predicted molar refractivity (Wildman–Crippen MR) is 29.8 cm³/mol. The average molecular weight is 206 g/mol. The van der Waals surface area contributed by atoms with Crippen LogP contribution in [0.25, 0.3) is 0 Å². The van der Waals surface area contributed by atoms with E-state index in [2.05, 4.69) is 0 Å². The Morgan fingerprint density at radius 1 is 1.00 bits per heavy atom. The first-order chi connectivity index (χ1) is 0. The van der Waals surface area contributed by atoms with E-state index >= 15 is 0 Å². The van der Waals surface area contributed by atoms with E-state index in [-0.39, 0.29) is 88.2 Å². The van der Waals surface area contributed by atoms with Crippen LogP contribution in [0.2, 0.25) is 0 Å². The molecule has 0 bridgehead atoms. The van der Waals surface area contributed by atoms with Gasteiger partial charge in [0.1, 0.15) is 0 Å². The van der Waals surface area contributed by atoms with Crippen molar-refractivity contribution >= 4 is 51.4 Å². The minimum absolute atomic E-state index is 0. The Labute approximate surface area is 87.0 Å². The van der Waals surface area contributed by atoms with Gasteiger partial charge >= 0.3 is 23.1 Å². The van der Waals surface area contributed by atoms with Gasteiger partial charge in [-0.15, -0.1) is 0 Å². The van der Waals surface area contributed by atoms with E-state index in [4.69, 9.17) is 0 Å². The van der Waals surface area contributed by atoms with Crippen LogP contribution in [-0.2, 0) is 36.8 Å². The van der Waals surface area contributed by atoms with Gasteiger partial charge in [0.15, 0.2) is 17.4 Å². The van der Waals surface area contributed by atoms with Crippen LogP contribution >= 0.6 is 0 Å². The zero-order chi connectivity index (χ0) is 0. The van der Waals surface area contributed by atoms with Crippen LogP contribution in [0.1, 0.15) is 0 Å². The van der Waals surface area contributed by atoms with E-state index in [1.807, 2.05) is 0 Å². The van der Waals surface area contributed by atoms with Gasteiger partial charge in [-0.2, -0.15) is 0 Å². The van der Waals surface area contributed by atoms with Crippen LogP contribution in [0.4, 0.5) is 0 Å². The number of hydrogen-bond donors (Lipinski definition) is 0. The maximum atomic E-state index is 0. The van der Waals surface area contributed by atoms with Crippen LogP contribution in [0.15, 0.2) is 0 Å². The van der Waals surface area contributed by atoms with Crippen molar-refractivity contribution in [1.82, 2.24) is 0 Å². The minimum Gasteiger partial charge on any atom is -0.0149 e. The topological polar surface area (TPSA) is 0 Å². The second kappa shape index (κ2) is 30.1. The van der Waals surface area contributed by atoms with Gasteiger partial charge in [-0.05, 0) is 11.0 Å². The summed E-state index contributed by atoms with van der Waals surface area (Å²) in [5.74, 6) is 0. The van der Waals surface area contributed by atoms with E-state index < -0.39 is 0 Å². The summed E-state index contributed by atoms with van der Waals surface area (Å²) in [7, 11) is 0. The predicted octanol–water partition coefficient (Wildman–Crippen LogP) is -3.56. The standard InChI is InChI=1S/Al.Cr.Mg.H4Si.Zn.5H/h;;;1H4;;;;;;. The average Bonchev–Trinajstić information content (AvgIpc) is 0. The Morgan fingerprint density at radius 2 is 1.00 bits per heavy atom. The van der Waals surface area contributed by atoms with Crippen LogP contribution < -0.4 is 0 Å². The fourth-order valence-corrected chi connectivity index (χ4v) is 0. The smallest absolute Gasteiger partial charge is 0.0149 e. The fourth-order valence-electron chi connectivity index (χ4n) is 0. The summed E-state index contributed by atoms with van der Waals surface area (Å²) in [6.07, 6.45) is 0. The van der Waals surface area contributed by atoms with E-state index in [1.165, 1.54) is 0 Å². The van der Waals surface area contributed by atoms with Crippen molar-refractivity contribution < 1.29 is 36.8 Å². The molecule has 0 heterocycles. The molecule has 0 saturated carbocycles. The van der Waals surface area contributed by atoms with Crippen molar-refractivity contribution in [2.24, 2.45) is 0 Å². The van der Waals surface area contributed by atoms with Crippen molar-refractivity contribution in [2.75, 3.05) is 0 Å². The molecule has 0 rings (SSSR count). The third-order valence-electron chi connectivity index (χ3n) is 0. The molecular formula is H9AlCrMgSiZn. The van der Waals surface area contributed by atoms with Crippen molar-refractivity contribution in [2.45, 2.75) is 0 Å². The van der Waals surface area contributed by atoms with Crippen molar-refractivity contribution in [1.29, 1.82) is 0 Å². The molecule has 0 N–H and O–H groups in total. The minimum atomic E-state index is 0. The molecule has 0 radical (unpaired) electrons. The largest absolute Gasteiger partial charge is 0.316 e. The van der Waals surface area contributed by atoms with Crippen LogP contribution in [-0.4, -0.2) is 51.4 Å². The van der Waals surface area contributed by atoms with Gasteiger partial charge in [-0.3, -0.25) is 0 Å². The Hall–Kier alpha value is 2.67. The number of hydrogen-bond acceptors (Lipinski definition) is 0. The Kier molecular flexibility index (Phi) is 288. The summed E-state index contributed by atoms with van der Waals surface area (Å²) >= 11 is 0. The molecule has 0 fully saturated rings. The van der Waals surface area contributed by atoms with Gasteiger partial charge in [0.25, 0.3) is 0 Å². The van der Waals surface area contributed by atoms with Crippen LogP contribution in [0.5, 0.6) is 0 Å². The fraction of sp³-hybridized carbons (Fsp3) is 0. The molecule has 0 aliphatic rings. The molecule has 0 amide bonds. The molecule has 0 spiro atoms. The van der Waals surface area contributed by atoms with Crippen molar-refractivity contribution in [3.05, 3.63) is 0 Å². The normalized spacial score (nSPS) is 0. The monoisotopic (exact) mass is 204 g/mol. The maximum absolute atomic E-state index is 0. The zero-order valence-electron chi connectivity index (χ0n) is 1.12. The third-order valence-corrected chi connectivity index (χ3v) is 0. The summed E-state index contributed by atoms with van der Waals surface area (Å²) in [6, 6.07) is 0. The molecule has 5 heteroatoms. The summed E-state index contributed by atoms with van der Waals surface area (Å²) in [5, 5.41) is 0. The first-order valence-electron chi connectivity index (χ1n) is 0. The molecule has 0 aliphatic heterocycles. The van der Waals surface area contributed by atoms with Crippen LogP contribution in [0.3, 0.4) is 0 Å². The molecule has 0 aromatic heterocycles. The number of rotatable bonds is 0. The summed E-state index contributed by atoms with van der Waals surface area (Å²) < 4.78 is 0. The molecule has 5 heavy (non-hydrogen) atoms. The molecule has 0 atom stereocenters. The van der Waals surface area contributed by atoms with Gasteiger partial charge in [0.2, 0.25) is 0 Å². The molecule has 0 saturated heterocycles. The first kappa shape index (κ1) is 47.8. The third kappa shape index (κ3) is 20.4. The second-order valence-electron chi connectivity index (χ2n) is 0. The molecule has 0 aromatic rings.